The van der Waals surface area contributed by atoms with Gasteiger partial charge in [-0.05, 0) is 83.7 Å². The molecule has 1 aromatic carbocycles. The van der Waals surface area contributed by atoms with Crippen LogP contribution in [0.3, 0.4) is 0 Å². The molecule has 0 aliphatic heterocycles. The summed E-state index contributed by atoms with van der Waals surface area (Å²) in [5.74, 6) is -0.313. The second-order valence-electron chi connectivity index (χ2n) is 10.7. The van der Waals surface area contributed by atoms with Crippen molar-refractivity contribution in [3.8, 4) is 0 Å². The number of amides is 1. The zero-order valence-electron chi connectivity index (χ0n) is 24.3. The van der Waals surface area contributed by atoms with Crippen molar-refractivity contribution in [3.05, 3.63) is 56.0 Å². The lowest BCUT2D eigenvalue weighted by molar-refractivity contribution is -0.148. The van der Waals surface area contributed by atoms with Gasteiger partial charge in [0.05, 0.1) is 23.5 Å². The third-order valence-electron chi connectivity index (χ3n) is 7.98. The van der Waals surface area contributed by atoms with E-state index in [1.807, 2.05) is 33.8 Å². The van der Waals surface area contributed by atoms with Crippen LogP contribution in [0.15, 0.2) is 16.9 Å². The number of carbonyl (C=O) groups excluding carboxylic acids is 1. The highest BCUT2D eigenvalue weighted by molar-refractivity contribution is 6.03. The lowest BCUT2D eigenvalue weighted by Gasteiger charge is -2.41. The average molecular weight is 564 g/mol. The molecule has 220 valence electrons. The Morgan fingerprint density at radius 2 is 1.77 bits per heavy atom. The Hall–Kier alpha value is -3.34. The molecule has 8 nitrogen and oxygen atoms in total. The lowest BCUT2D eigenvalue weighted by atomic mass is 9.88. The van der Waals surface area contributed by atoms with Gasteiger partial charge in [-0.15, -0.1) is 0 Å². The van der Waals surface area contributed by atoms with Gasteiger partial charge in [-0.1, -0.05) is 0 Å². The number of nitrogens with two attached hydrogens (primary N) is 1. The molecular formula is C29H42F3N6O2+. The molecule has 0 atom stereocenters. The van der Waals surface area contributed by atoms with Gasteiger partial charge < -0.3 is 20.5 Å². The van der Waals surface area contributed by atoms with Crippen molar-refractivity contribution in [1.82, 2.24) is 15.2 Å². The molecule has 0 unspecified atom stereocenters. The third-order valence-corrected chi connectivity index (χ3v) is 7.98. The molecule has 0 saturated heterocycles. The minimum absolute atomic E-state index is 0.0850. The van der Waals surface area contributed by atoms with E-state index in [1.54, 1.807) is 13.1 Å². The maximum atomic E-state index is 13.5. The van der Waals surface area contributed by atoms with Crippen LogP contribution in [0.25, 0.3) is 0 Å². The highest BCUT2D eigenvalue weighted by Crippen LogP contribution is 2.37. The monoisotopic (exact) mass is 563 g/mol. The van der Waals surface area contributed by atoms with Crippen molar-refractivity contribution >= 4 is 23.5 Å². The number of H-pyrrole nitrogens is 1. The van der Waals surface area contributed by atoms with Crippen LogP contribution in [0.5, 0.6) is 0 Å². The van der Waals surface area contributed by atoms with Crippen LogP contribution in [0, 0.1) is 20.8 Å². The first-order valence-electron chi connectivity index (χ1n) is 13.7. The van der Waals surface area contributed by atoms with Crippen molar-refractivity contribution in [2.24, 2.45) is 0 Å². The van der Waals surface area contributed by atoms with E-state index in [2.05, 4.69) is 20.5 Å². The molecule has 1 amide bonds. The number of hydrogen-bond donors (Lipinski definition) is 4. The van der Waals surface area contributed by atoms with Crippen LogP contribution in [-0.4, -0.2) is 67.5 Å². The molecule has 3 rings (SSSR count). The molecule has 1 aromatic heterocycles. The van der Waals surface area contributed by atoms with Crippen molar-refractivity contribution in [1.29, 1.82) is 0 Å². The number of nitrogens with one attached hydrogen (secondary N) is 3. The summed E-state index contributed by atoms with van der Waals surface area (Å²) in [5.41, 5.74) is 5.33. The van der Waals surface area contributed by atoms with Gasteiger partial charge in [-0.3, -0.25) is 19.9 Å². The summed E-state index contributed by atoms with van der Waals surface area (Å²) in [4.78, 5) is 32.3. The van der Waals surface area contributed by atoms with Crippen molar-refractivity contribution in [2.45, 2.75) is 78.2 Å². The Kier molecular flexibility index (Phi) is 10.0. The summed E-state index contributed by atoms with van der Waals surface area (Å²) in [6, 6.07) is 3.59. The van der Waals surface area contributed by atoms with E-state index in [0.29, 0.717) is 36.2 Å². The van der Waals surface area contributed by atoms with E-state index in [0.717, 1.165) is 40.9 Å². The summed E-state index contributed by atoms with van der Waals surface area (Å²) < 4.78 is 38.8. The van der Waals surface area contributed by atoms with Gasteiger partial charge >= 0.3 is 6.18 Å². The molecule has 11 heteroatoms. The molecule has 0 spiro atoms. The quantitative estimate of drug-likeness (QED) is 0.333. The fourth-order valence-corrected chi connectivity index (χ4v) is 5.96. The predicted molar refractivity (Wildman–Crippen MR) is 153 cm³/mol. The molecule has 0 bridgehead atoms. The van der Waals surface area contributed by atoms with E-state index in [4.69, 9.17) is 5.41 Å². The molecule has 1 aliphatic rings. The first kappa shape index (κ1) is 31.2. The highest BCUT2D eigenvalue weighted by Gasteiger charge is 2.35. The summed E-state index contributed by atoms with van der Waals surface area (Å²) in [5, 5.41) is 12.2. The van der Waals surface area contributed by atoms with E-state index < -0.39 is 12.7 Å². The fraction of sp³-hybridized carbons (Fsp3) is 0.552. The number of anilines is 2. The zero-order valence-corrected chi connectivity index (χ0v) is 24.3. The number of nitrogens with zero attached hydrogens (tertiary/aromatic N) is 2. The van der Waals surface area contributed by atoms with Crippen molar-refractivity contribution < 1.29 is 23.4 Å². The molecule has 1 fully saturated rings. The smallest absolute Gasteiger partial charge is 0.387 e. The van der Waals surface area contributed by atoms with Crippen LogP contribution in [-0.2, 0) is 6.54 Å². The van der Waals surface area contributed by atoms with E-state index in [-0.39, 0.29) is 30.1 Å². The zero-order chi connectivity index (χ0) is 29.8. The third kappa shape index (κ3) is 7.04. The Bertz CT molecular complexity index is 1280. The Morgan fingerprint density at radius 3 is 2.30 bits per heavy atom. The predicted octanol–water partition coefficient (Wildman–Crippen LogP) is 3.08. The lowest BCUT2D eigenvalue weighted by Crippen LogP contribution is -2.46. The number of rotatable bonds is 10. The second kappa shape index (κ2) is 12.9. The molecule has 2 aromatic rings. The Balaban J connectivity index is 1.89. The number of aromatic amines is 1. The molecule has 1 heterocycles. The van der Waals surface area contributed by atoms with Crippen LogP contribution in [0.1, 0.15) is 70.9 Å². The number of aromatic nitrogens is 1. The summed E-state index contributed by atoms with van der Waals surface area (Å²) in [6.45, 7) is 7.37. The van der Waals surface area contributed by atoms with Gasteiger partial charge in [0.2, 0.25) is 0 Å². The maximum Gasteiger partial charge on any atom is 0.401 e. The SMILES string of the molecule is CCN(c1c(C)c(C(=O)NCc2c(C)cc(C)[nH]c2=O)cc(NC)c1C=[NH2+])C1CCC(N(C)CC(F)(F)F)CC1. The second-order valence-corrected chi connectivity index (χ2v) is 10.7. The first-order valence-corrected chi connectivity index (χ1v) is 13.7. The average Bonchev–Trinajstić information content (AvgIpc) is 2.88. The summed E-state index contributed by atoms with van der Waals surface area (Å²) in [7, 11) is 3.30. The van der Waals surface area contributed by atoms with Crippen molar-refractivity contribution in [3.63, 3.8) is 0 Å². The summed E-state index contributed by atoms with van der Waals surface area (Å²) in [6.07, 6.45) is 0.0581. The largest absolute Gasteiger partial charge is 0.401 e. The Morgan fingerprint density at radius 1 is 1.15 bits per heavy atom. The van der Waals surface area contributed by atoms with Gasteiger partial charge in [-0.25, -0.2) is 0 Å². The number of halogens is 3. The number of aryl methyl sites for hydroxylation is 2. The van der Waals surface area contributed by atoms with Gasteiger partial charge in [-0.2, -0.15) is 13.2 Å². The normalized spacial score (nSPS) is 17.6. The Labute approximate surface area is 233 Å². The van der Waals surface area contributed by atoms with Crippen LogP contribution in [0.4, 0.5) is 24.5 Å². The molecule has 1 aliphatic carbocycles. The van der Waals surface area contributed by atoms with Gasteiger partial charge in [0, 0.05) is 49.0 Å². The standard InChI is InChI=1S/C29H41F3N6O2/c1-7-38(21-10-8-20(9-11-21)37(6)16-29(30,31)32)26-19(4)22(13-25(34-5)23(26)14-33)27(39)35-15-24-17(2)12-18(3)36-28(24)40/h12-14,20-21,33-34H,7-11,15-16H2,1-6H3,(H,35,39)(H,36,40)/p+1. The minimum Gasteiger partial charge on any atom is -0.387 e. The minimum atomic E-state index is -4.22. The number of alkyl halides is 3. The molecular weight excluding hydrogens is 521 g/mol. The molecule has 5 N–H and O–H groups in total. The topological polar surface area (TPSA) is 106 Å². The molecule has 0 radical (unpaired) electrons. The van der Waals surface area contributed by atoms with E-state index in [1.165, 1.54) is 18.2 Å². The fourth-order valence-electron chi connectivity index (χ4n) is 5.96. The number of hydrogen-bond acceptors (Lipinski definition) is 5. The van der Waals surface area contributed by atoms with E-state index >= 15 is 0 Å². The van der Waals surface area contributed by atoms with Crippen molar-refractivity contribution in [2.75, 3.05) is 37.4 Å². The summed E-state index contributed by atoms with van der Waals surface area (Å²) >= 11 is 0. The van der Waals surface area contributed by atoms with E-state index in [9.17, 15) is 22.8 Å². The number of benzene rings is 1. The highest BCUT2D eigenvalue weighted by atomic mass is 19.4. The molecule has 40 heavy (non-hydrogen) atoms. The number of pyridine rings is 1. The van der Waals surface area contributed by atoms with Gasteiger partial charge in [0.1, 0.15) is 0 Å². The van der Waals surface area contributed by atoms with Gasteiger partial charge in [0.25, 0.3) is 11.5 Å². The maximum absolute atomic E-state index is 13.5. The molecule has 1 saturated carbocycles. The van der Waals surface area contributed by atoms with Crippen LogP contribution in [0.2, 0.25) is 0 Å². The number of carbonyl (C=O) groups is 1. The van der Waals surface area contributed by atoms with Crippen LogP contribution >= 0.6 is 0 Å². The van der Waals surface area contributed by atoms with Crippen LogP contribution < -0.4 is 26.5 Å². The van der Waals surface area contributed by atoms with Gasteiger partial charge in [0.15, 0.2) is 6.21 Å². The first-order chi connectivity index (χ1) is 18.8.